The molecule has 0 bridgehead atoms. The third-order valence-corrected chi connectivity index (χ3v) is 3.24. The van der Waals surface area contributed by atoms with E-state index in [-0.39, 0.29) is 0 Å². The zero-order valence-electron chi connectivity index (χ0n) is 7.74. The third kappa shape index (κ3) is 1.45. The predicted molar refractivity (Wildman–Crippen MR) is 57.5 cm³/mol. The van der Waals surface area contributed by atoms with Crippen LogP contribution in [0.4, 0.5) is 0 Å². The van der Waals surface area contributed by atoms with E-state index in [0.29, 0.717) is 12.2 Å². The number of rotatable bonds is 1. The van der Waals surface area contributed by atoms with Crippen molar-refractivity contribution in [2.24, 2.45) is 0 Å². The van der Waals surface area contributed by atoms with Gasteiger partial charge in [0.1, 0.15) is 5.75 Å². The lowest BCUT2D eigenvalue weighted by Crippen LogP contribution is -1.72. The monoisotopic (exact) mass is 203 g/mol. The number of aryl methyl sites for hydroxylation is 1. The molecule has 0 saturated carbocycles. The van der Waals surface area contributed by atoms with Gasteiger partial charge in [0, 0.05) is 9.58 Å². The maximum absolute atomic E-state index is 9.50. The number of fused-ring (bicyclic) bond motifs is 1. The molecule has 2 nitrogen and oxygen atoms in total. The Morgan fingerprint density at radius 3 is 2.93 bits per heavy atom. The van der Waals surface area contributed by atoms with E-state index in [1.165, 1.54) is 0 Å². The van der Waals surface area contributed by atoms with Crippen molar-refractivity contribution in [3.05, 3.63) is 28.6 Å². The minimum absolute atomic E-state index is 0.318. The summed E-state index contributed by atoms with van der Waals surface area (Å²) in [6.07, 6.45) is 0.444. The molecule has 0 aliphatic carbocycles. The fourth-order valence-corrected chi connectivity index (χ4v) is 2.47. The molecule has 2 aromatic rings. The van der Waals surface area contributed by atoms with Gasteiger partial charge < -0.3 is 5.11 Å². The van der Waals surface area contributed by atoms with Gasteiger partial charge in [-0.3, -0.25) is 0 Å². The smallest absolute Gasteiger partial charge is 0.119 e. The average molecular weight is 203 g/mol. The molecule has 0 unspecified atom stereocenters. The van der Waals surface area contributed by atoms with E-state index in [9.17, 15) is 5.11 Å². The molecule has 0 aliphatic rings. The maximum Gasteiger partial charge on any atom is 0.119 e. The second kappa shape index (κ2) is 3.32. The van der Waals surface area contributed by atoms with Crippen molar-refractivity contribution in [3.8, 4) is 11.8 Å². The number of thiophene rings is 1. The number of benzene rings is 1. The van der Waals surface area contributed by atoms with Crippen LogP contribution in [0.25, 0.3) is 10.1 Å². The van der Waals surface area contributed by atoms with Crippen LogP contribution in [-0.2, 0) is 6.42 Å². The van der Waals surface area contributed by atoms with Gasteiger partial charge in [-0.15, -0.1) is 11.3 Å². The van der Waals surface area contributed by atoms with Gasteiger partial charge in [-0.05, 0) is 36.1 Å². The lowest BCUT2D eigenvalue weighted by molar-refractivity contribution is 0.472. The summed E-state index contributed by atoms with van der Waals surface area (Å²) in [7, 11) is 0. The van der Waals surface area contributed by atoms with Crippen molar-refractivity contribution in [1.29, 1.82) is 5.26 Å². The molecule has 0 radical (unpaired) electrons. The van der Waals surface area contributed by atoms with Gasteiger partial charge in [-0.2, -0.15) is 5.26 Å². The summed E-state index contributed by atoms with van der Waals surface area (Å²) in [5, 5.41) is 19.1. The van der Waals surface area contributed by atoms with Crippen LogP contribution in [0.15, 0.2) is 18.2 Å². The molecule has 0 saturated heterocycles. The highest BCUT2D eigenvalue weighted by molar-refractivity contribution is 7.19. The summed E-state index contributed by atoms with van der Waals surface area (Å²) >= 11 is 1.61. The second-order valence-electron chi connectivity index (χ2n) is 3.22. The predicted octanol–water partition coefficient (Wildman–Crippen LogP) is 2.98. The third-order valence-electron chi connectivity index (χ3n) is 2.14. The molecule has 0 fully saturated rings. The normalized spacial score (nSPS) is 10.3. The van der Waals surface area contributed by atoms with Crippen LogP contribution in [0, 0.1) is 18.3 Å². The lowest BCUT2D eigenvalue weighted by atomic mass is 10.1. The first-order chi connectivity index (χ1) is 6.70. The Labute approximate surface area is 86.0 Å². The molecule has 0 aliphatic heterocycles. The van der Waals surface area contributed by atoms with Crippen molar-refractivity contribution in [2.75, 3.05) is 0 Å². The van der Waals surface area contributed by atoms with Crippen molar-refractivity contribution in [1.82, 2.24) is 0 Å². The van der Waals surface area contributed by atoms with Gasteiger partial charge in [0.2, 0.25) is 0 Å². The van der Waals surface area contributed by atoms with E-state index in [1.807, 2.05) is 19.1 Å². The Morgan fingerprint density at radius 2 is 2.21 bits per heavy atom. The summed E-state index contributed by atoms with van der Waals surface area (Å²) in [5.41, 5.74) is 0.878. The van der Waals surface area contributed by atoms with Crippen LogP contribution in [0.2, 0.25) is 0 Å². The van der Waals surface area contributed by atoms with Crippen molar-refractivity contribution in [2.45, 2.75) is 13.3 Å². The minimum Gasteiger partial charge on any atom is -0.508 e. The summed E-state index contributed by atoms with van der Waals surface area (Å²) in [4.78, 5) is 1.05. The largest absolute Gasteiger partial charge is 0.508 e. The first kappa shape index (κ1) is 9.04. The molecule has 0 amide bonds. The van der Waals surface area contributed by atoms with E-state index in [1.54, 1.807) is 17.4 Å². The molecule has 70 valence electrons. The highest BCUT2D eigenvalue weighted by Crippen LogP contribution is 2.31. The molecule has 0 atom stereocenters. The van der Waals surface area contributed by atoms with Crippen molar-refractivity contribution < 1.29 is 5.11 Å². The Morgan fingerprint density at radius 1 is 1.43 bits per heavy atom. The van der Waals surface area contributed by atoms with Gasteiger partial charge in [0.05, 0.1) is 12.5 Å². The van der Waals surface area contributed by atoms with Crippen LogP contribution in [0.5, 0.6) is 5.75 Å². The number of hydrogen-bond acceptors (Lipinski definition) is 3. The topological polar surface area (TPSA) is 44.0 Å². The Hall–Kier alpha value is -1.53. The standard InChI is InChI=1S/C11H9NOS/c1-7-4-11-8(6-10(7)13)5-9(14-11)2-3-12/h4-6,13H,2H2,1H3. The number of aromatic hydroxyl groups is 1. The maximum atomic E-state index is 9.50. The van der Waals surface area contributed by atoms with E-state index >= 15 is 0 Å². The van der Waals surface area contributed by atoms with E-state index < -0.39 is 0 Å². The minimum atomic E-state index is 0.318. The zero-order chi connectivity index (χ0) is 10.1. The van der Waals surface area contributed by atoms with Crippen LogP contribution in [0.1, 0.15) is 10.4 Å². The quantitative estimate of drug-likeness (QED) is 0.774. The van der Waals surface area contributed by atoms with Crippen LogP contribution in [-0.4, -0.2) is 5.11 Å². The van der Waals surface area contributed by atoms with Gasteiger partial charge in [-0.1, -0.05) is 0 Å². The fraction of sp³-hybridized carbons (Fsp3) is 0.182. The molecule has 1 N–H and O–H groups in total. The first-order valence-electron chi connectivity index (χ1n) is 4.29. The average Bonchev–Trinajstić information content (AvgIpc) is 2.48. The van der Waals surface area contributed by atoms with Gasteiger partial charge >= 0.3 is 0 Å². The van der Waals surface area contributed by atoms with E-state index in [4.69, 9.17) is 5.26 Å². The Kier molecular flexibility index (Phi) is 2.14. The van der Waals surface area contributed by atoms with E-state index in [0.717, 1.165) is 20.5 Å². The number of hydrogen-bond donors (Lipinski definition) is 1. The summed E-state index contributed by atoms with van der Waals surface area (Å²) in [5.74, 6) is 0.318. The molecule has 14 heavy (non-hydrogen) atoms. The highest BCUT2D eigenvalue weighted by atomic mass is 32.1. The highest BCUT2D eigenvalue weighted by Gasteiger charge is 2.04. The van der Waals surface area contributed by atoms with Gasteiger partial charge in [0.15, 0.2) is 0 Å². The molecular weight excluding hydrogens is 194 g/mol. The molecule has 1 aromatic carbocycles. The zero-order valence-corrected chi connectivity index (χ0v) is 8.56. The Balaban J connectivity index is 2.61. The van der Waals surface area contributed by atoms with Crippen molar-refractivity contribution >= 4 is 21.4 Å². The van der Waals surface area contributed by atoms with Crippen LogP contribution in [0.3, 0.4) is 0 Å². The molecule has 2 rings (SSSR count). The van der Waals surface area contributed by atoms with Crippen LogP contribution < -0.4 is 0 Å². The molecular formula is C11H9NOS. The first-order valence-corrected chi connectivity index (χ1v) is 5.11. The number of phenolic OH excluding ortho intramolecular Hbond substituents is 1. The molecule has 1 aromatic heterocycles. The van der Waals surface area contributed by atoms with Gasteiger partial charge in [0.25, 0.3) is 0 Å². The fourth-order valence-electron chi connectivity index (χ4n) is 1.40. The number of phenols is 1. The molecule has 1 heterocycles. The lowest BCUT2D eigenvalue weighted by Gasteiger charge is -1.96. The Bertz CT molecular complexity index is 483. The summed E-state index contributed by atoms with van der Waals surface area (Å²) < 4.78 is 1.13. The van der Waals surface area contributed by atoms with Crippen molar-refractivity contribution in [3.63, 3.8) is 0 Å². The molecule has 3 heteroatoms. The summed E-state index contributed by atoms with van der Waals surface area (Å²) in [6, 6.07) is 7.79. The number of nitrogens with zero attached hydrogens (tertiary/aromatic N) is 1. The van der Waals surface area contributed by atoms with Gasteiger partial charge in [-0.25, -0.2) is 0 Å². The summed E-state index contributed by atoms with van der Waals surface area (Å²) in [6.45, 7) is 1.87. The molecule has 0 spiro atoms. The van der Waals surface area contributed by atoms with E-state index in [2.05, 4.69) is 6.07 Å². The SMILES string of the molecule is Cc1cc2sc(CC#N)cc2cc1O. The van der Waals surface area contributed by atoms with Crippen LogP contribution >= 0.6 is 11.3 Å². The number of nitriles is 1. The second-order valence-corrected chi connectivity index (χ2v) is 4.39.